The molecule has 3 N–H and O–H groups in total. The first-order valence-electron chi connectivity index (χ1n) is 7.07. The van der Waals surface area contributed by atoms with Crippen LogP contribution < -0.4 is 10.6 Å². The molecule has 3 aromatic heterocycles. The predicted molar refractivity (Wildman–Crippen MR) is 87.7 cm³/mol. The predicted octanol–water partition coefficient (Wildman–Crippen LogP) is 3.01. The number of H-pyrrole nitrogens is 1. The summed E-state index contributed by atoms with van der Waals surface area (Å²) in [6, 6.07) is 3.09. The Labute approximate surface area is 141 Å². The fraction of sp³-hybridized carbons (Fsp3) is 0.214. The molecule has 10 heteroatoms. The molecule has 3 heterocycles. The normalized spacial score (nSPS) is 12.0. The largest absolute Gasteiger partial charge is 0.360 e. The lowest BCUT2D eigenvalue weighted by Gasteiger charge is -2.14. The molecule has 3 aromatic rings. The number of nitrogens with one attached hydrogen (secondary N) is 3. The third-order valence-corrected chi connectivity index (χ3v) is 3.23. The zero-order chi connectivity index (χ0) is 17.1. The van der Waals surface area contributed by atoms with Crippen LogP contribution in [0.1, 0.15) is 24.5 Å². The molecule has 0 amide bonds. The fourth-order valence-corrected chi connectivity index (χ4v) is 2.16. The summed E-state index contributed by atoms with van der Waals surface area (Å²) in [6.45, 7) is 3.71. The highest BCUT2D eigenvalue weighted by molar-refractivity contribution is 6.29. The number of aromatic nitrogens is 6. The molecule has 0 unspecified atom stereocenters. The summed E-state index contributed by atoms with van der Waals surface area (Å²) >= 11 is 6.03. The van der Waals surface area contributed by atoms with Crippen molar-refractivity contribution in [1.29, 1.82) is 0 Å². The smallest absolute Gasteiger partial charge is 0.231 e. The van der Waals surface area contributed by atoms with E-state index in [2.05, 4.69) is 40.8 Å². The maximum Gasteiger partial charge on any atom is 0.231 e. The van der Waals surface area contributed by atoms with E-state index < -0.39 is 5.82 Å². The van der Waals surface area contributed by atoms with Crippen LogP contribution in [0, 0.1) is 12.7 Å². The second-order valence-corrected chi connectivity index (χ2v) is 5.47. The van der Waals surface area contributed by atoms with Crippen LogP contribution in [0.3, 0.4) is 0 Å². The molecule has 0 aromatic carbocycles. The van der Waals surface area contributed by atoms with Gasteiger partial charge >= 0.3 is 0 Å². The molecule has 0 aliphatic rings. The van der Waals surface area contributed by atoms with Crippen LogP contribution in [-0.2, 0) is 0 Å². The summed E-state index contributed by atoms with van der Waals surface area (Å²) in [7, 11) is 0. The van der Waals surface area contributed by atoms with Gasteiger partial charge in [0.25, 0.3) is 0 Å². The van der Waals surface area contributed by atoms with Gasteiger partial charge in [0.15, 0.2) is 11.6 Å². The van der Waals surface area contributed by atoms with Crippen molar-refractivity contribution in [2.75, 3.05) is 10.6 Å². The van der Waals surface area contributed by atoms with Crippen LogP contribution in [-0.4, -0.2) is 30.1 Å². The van der Waals surface area contributed by atoms with Crippen molar-refractivity contribution in [3.8, 4) is 0 Å². The molecule has 0 fully saturated rings. The summed E-state index contributed by atoms with van der Waals surface area (Å²) in [5.41, 5.74) is 0.903. The third kappa shape index (κ3) is 3.93. The third-order valence-electron chi connectivity index (χ3n) is 3.03. The zero-order valence-electron chi connectivity index (χ0n) is 12.9. The molecular formula is C14H14ClFN8. The molecule has 1 atom stereocenters. The first kappa shape index (κ1) is 16.1. The molecule has 24 heavy (non-hydrogen) atoms. The van der Waals surface area contributed by atoms with Gasteiger partial charge in [0.1, 0.15) is 16.8 Å². The van der Waals surface area contributed by atoms with Crippen LogP contribution in [0.5, 0.6) is 0 Å². The van der Waals surface area contributed by atoms with Crippen molar-refractivity contribution in [3.05, 3.63) is 47.0 Å². The van der Waals surface area contributed by atoms with Gasteiger partial charge in [0.05, 0.1) is 18.4 Å². The van der Waals surface area contributed by atoms with Gasteiger partial charge in [-0.3, -0.25) is 5.10 Å². The minimum atomic E-state index is -0.489. The number of aryl methyl sites for hydroxylation is 1. The molecule has 8 nitrogen and oxygen atoms in total. The van der Waals surface area contributed by atoms with Gasteiger partial charge in [-0.2, -0.15) is 10.1 Å². The maximum absolute atomic E-state index is 12.9. The van der Waals surface area contributed by atoms with Crippen molar-refractivity contribution in [2.45, 2.75) is 19.9 Å². The van der Waals surface area contributed by atoms with E-state index in [9.17, 15) is 4.39 Å². The SMILES string of the molecule is Cc1cc(Nc2nc(Cl)cc(N[C@@H](C)c3ncc(F)cn3)n2)n[nH]1. The standard InChI is InChI=1S/C14H14ClFN8/c1-7-3-12(24-23-7)22-14-20-10(15)4-11(21-14)19-8(2)13-17-5-9(16)6-18-13/h3-6,8H,1-2H3,(H3,19,20,21,22,23,24)/t8-/m0/s1. The van der Waals surface area contributed by atoms with Crippen LogP contribution in [0.15, 0.2) is 24.5 Å². The van der Waals surface area contributed by atoms with Crippen molar-refractivity contribution in [3.63, 3.8) is 0 Å². The molecule has 3 rings (SSSR count). The monoisotopic (exact) mass is 348 g/mol. The number of rotatable bonds is 5. The van der Waals surface area contributed by atoms with E-state index in [4.69, 9.17) is 11.6 Å². The quantitative estimate of drug-likeness (QED) is 0.609. The van der Waals surface area contributed by atoms with E-state index in [1.54, 1.807) is 6.07 Å². The highest BCUT2D eigenvalue weighted by Gasteiger charge is 2.12. The molecule has 0 aliphatic carbocycles. The Kier molecular flexibility index (Phi) is 4.52. The van der Waals surface area contributed by atoms with Crippen LogP contribution in [0.4, 0.5) is 22.0 Å². The van der Waals surface area contributed by atoms with Crippen molar-refractivity contribution >= 4 is 29.2 Å². The molecule has 0 saturated carbocycles. The van der Waals surface area contributed by atoms with Gasteiger partial charge in [0, 0.05) is 17.8 Å². The minimum Gasteiger partial charge on any atom is -0.360 e. The lowest BCUT2D eigenvalue weighted by molar-refractivity contribution is 0.604. The Morgan fingerprint density at radius 3 is 2.58 bits per heavy atom. The lowest BCUT2D eigenvalue weighted by atomic mass is 10.3. The second kappa shape index (κ2) is 6.75. The number of anilines is 3. The van der Waals surface area contributed by atoms with E-state index in [0.717, 1.165) is 18.1 Å². The molecule has 0 spiro atoms. The summed E-state index contributed by atoms with van der Waals surface area (Å²) in [4.78, 5) is 16.3. The van der Waals surface area contributed by atoms with E-state index >= 15 is 0 Å². The summed E-state index contributed by atoms with van der Waals surface area (Å²) < 4.78 is 12.9. The summed E-state index contributed by atoms with van der Waals surface area (Å²) in [5, 5.41) is 13.2. The number of nitrogens with zero attached hydrogens (tertiary/aromatic N) is 5. The van der Waals surface area contributed by atoms with Gasteiger partial charge < -0.3 is 10.6 Å². The molecule has 0 bridgehead atoms. The molecular weight excluding hydrogens is 335 g/mol. The van der Waals surface area contributed by atoms with Gasteiger partial charge in [0.2, 0.25) is 5.95 Å². The highest BCUT2D eigenvalue weighted by Crippen LogP contribution is 2.20. The van der Waals surface area contributed by atoms with Crippen molar-refractivity contribution in [2.24, 2.45) is 0 Å². The zero-order valence-corrected chi connectivity index (χ0v) is 13.6. The van der Waals surface area contributed by atoms with Gasteiger partial charge in [-0.1, -0.05) is 11.6 Å². The Morgan fingerprint density at radius 2 is 1.92 bits per heavy atom. The number of halogens is 2. The Bertz CT molecular complexity index is 835. The van der Waals surface area contributed by atoms with Crippen LogP contribution in [0.2, 0.25) is 5.15 Å². The highest BCUT2D eigenvalue weighted by atomic mass is 35.5. The fourth-order valence-electron chi connectivity index (χ4n) is 1.98. The van der Waals surface area contributed by atoms with E-state index in [1.165, 1.54) is 0 Å². The van der Waals surface area contributed by atoms with Crippen molar-refractivity contribution in [1.82, 2.24) is 30.1 Å². The maximum atomic E-state index is 12.9. The van der Waals surface area contributed by atoms with E-state index in [1.807, 2.05) is 19.9 Å². The molecule has 124 valence electrons. The Morgan fingerprint density at radius 1 is 1.17 bits per heavy atom. The summed E-state index contributed by atoms with van der Waals surface area (Å²) in [5.74, 6) is 1.30. The van der Waals surface area contributed by atoms with Crippen molar-refractivity contribution < 1.29 is 4.39 Å². The molecule has 0 aliphatic heterocycles. The van der Waals surface area contributed by atoms with Gasteiger partial charge in [-0.05, 0) is 13.8 Å². The minimum absolute atomic E-state index is 0.259. The average molecular weight is 349 g/mol. The van der Waals surface area contributed by atoms with Crippen LogP contribution >= 0.6 is 11.6 Å². The van der Waals surface area contributed by atoms with Gasteiger partial charge in [-0.25, -0.2) is 19.3 Å². The molecule has 0 radical (unpaired) electrons. The second-order valence-electron chi connectivity index (χ2n) is 5.09. The van der Waals surface area contributed by atoms with Gasteiger partial charge in [-0.15, -0.1) is 0 Å². The average Bonchev–Trinajstić information content (AvgIpc) is 2.92. The first-order valence-corrected chi connectivity index (χ1v) is 7.45. The molecule has 0 saturated heterocycles. The Balaban J connectivity index is 1.76. The van der Waals surface area contributed by atoms with Crippen LogP contribution in [0.25, 0.3) is 0 Å². The summed E-state index contributed by atoms with van der Waals surface area (Å²) in [6.07, 6.45) is 2.22. The topological polar surface area (TPSA) is 104 Å². The Hall–Kier alpha value is -2.81. The van der Waals surface area contributed by atoms with E-state index in [-0.39, 0.29) is 11.2 Å². The number of hydrogen-bond acceptors (Lipinski definition) is 7. The number of aromatic amines is 1. The van der Waals surface area contributed by atoms with E-state index in [0.29, 0.717) is 23.4 Å². The number of hydrogen-bond donors (Lipinski definition) is 3. The first-order chi connectivity index (χ1) is 11.5. The lowest BCUT2D eigenvalue weighted by Crippen LogP contribution is -2.12.